The summed E-state index contributed by atoms with van der Waals surface area (Å²) in [6.45, 7) is 9.00. The molecule has 0 spiro atoms. The summed E-state index contributed by atoms with van der Waals surface area (Å²) >= 11 is 1.28. The molecule has 2 heterocycles. The largest absolute Gasteiger partial charge is 0.325 e. The Labute approximate surface area is 188 Å². The van der Waals surface area contributed by atoms with Gasteiger partial charge in [0.15, 0.2) is 5.16 Å². The lowest BCUT2D eigenvalue weighted by Crippen LogP contribution is -2.32. The van der Waals surface area contributed by atoms with Crippen LogP contribution in [-0.4, -0.2) is 52.2 Å². The summed E-state index contributed by atoms with van der Waals surface area (Å²) in [4.78, 5) is 12.7. The lowest BCUT2D eigenvalue weighted by atomic mass is 10.2. The van der Waals surface area contributed by atoms with Gasteiger partial charge in [0.2, 0.25) is 15.9 Å². The van der Waals surface area contributed by atoms with E-state index in [-0.39, 0.29) is 16.6 Å². The first-order chi connectivity index (χ1) is 14.8. The van der Waals surface area contributed by atoms with Crippen molar-refractivity contribution in [1.82, 2.24) is 19.1 Å². The van der Waals surface area contributed by atoms with Gasteiger partial charge in [-0.1, -0.05) is 36.7 Å². The molecule has 0 atom stereocenters. The topological polar surface area (TPSA) is 97.2 Å². The summed E-state index contributed by atoms with van der Waals surface area (Å²) in [7, 11) is -3.59. The van der Waals surface area contributed by atoms with Gasteiger partial charge in [0.05, 0.1) is 10.6 Å². The minimum Gasteiger partial charge on any atom is -0.325 e. The quantitative estimate of drug-likeness (QED) is 0.476. The summed E-state index contributed by atoms with van der Waals surface area (Å²) < 4.78 is 29.8. The maximum Gasteiger partial charge on any atom is 0.243 e. The Kier molecular flexibility index (Phi) is 7.90. The van der Waals surface area contributed by atoms with Crippen LogP contribution in [0.1, 0.15) is 37.1 Å². The van der Waals surface area contributed by atoms with Gasteiger partial charge in [0.1, 0.15) is 5.82 Å². The van der Waals surface area contributed by atoms with E-state index in [1.807, 2.05) is 11.5 Å². The molecule has 0 aliphatic carbocycles. The van der Waals surface area contributed by atoms with Crippen molar-refractivity contribution in [3.05, 3.63) is 42.2 Å². The van der Waals surface area contributed by atoms with Crippen LogP contribution in [-0.2, 0) is 21.4 Å². The fraction of sp³-hybridized carbons (Fsp3) is 0.476. The number of hydrogen-bond donors (Lipinski definition) is 1. The van der Waals surface area contributed by atoms with Gasteiger partial charge < -0.3 is 9.88 Å². The molecule has 1 aromatic heterocycles. The molecule has 1 saturated heterocycles. The van der Waals surface area contributed by atoms with Gasteiger partial charge in [-0.15, -0.1) is 16.8 Å². The molecule has 1 amide bonds. The standard InChI is InChI=1S/C21H29N5O3S2/c1-4-11-26-17(3)23-24-21(26)30-15-20(27)22-18-10-9-16(2)19(14-18)31(28,29)25-12-7-5-6-8-13-25/h4,9-10,14H,1,5-8,11-13,15H2,2-3H3,(H,22,27). The average molecular weight is 464 g/mol. The van der Waals surface area contributed by atoms with Crippen LogP contribution < -0.4 is 5.32 Å². The number of aromatic nitrogens is 3. The molecular formula is C21H29N5O3S2. The van der Waals surface area contributed by atoms with E-state index in [9.17, 15) is 13.2 Å². The molecule has 168 valence electrons. The number of aryl methyl sites for hydroxylation is 2. The zero-order chi connectivity index (χ0) is 22.4. The Bertz CT molecular complexity index is 1040. The summed E-state index contributed by atoms with van der Waals surface area (Å²) in [6, 6.07) is 5.02. The number of benzene rings is 1. The molecule has 8 nitrogen and oxygen atoms in total. The molecule has 2 aromatic rings. The minimum atomic E-state index is -3.59. The molecule has 0 radical (unpaired) electrons. The highest BCUT2D eigenvalue weighted by Gasteiger charge is 2.27. The Morgan fingerprint density at radius 2 is 1.90 bits per heavy atom. The Morgan fingerprint density at radius 1 is 1.19 bits per heavy atom. The number of thioether (sulfide) groups is 1. The van der Waals surface area contributed by atoms with Crippen molar-refractivity contribution in [1.29, 1.82) is 0 Å². The van der Waals surface area contributed by atoms with Crippen molar-refractivity contribution >= 4 is 33.4 Å². The number of hydrogen-bond acceptors (Lipinski definition) is 6. The second-order valence-electron chi connectivity index (χ2n) is 7.56. The Hall–Kier alpha value is -2.17. The maximum atomic E-state index is 13.2. The molecule has 1 aliphatic rings. The number of amides is 1. The predicted octanol–water partition coefficient (Wildman–Crippen LogP) is 3.38. The van der Waals surface area contributed by atoms with E-state index < -0.39 is 10.0 Å². The molecular weight excluding hydrogens is 434 g/mol. The van der Waals surface area contributed by atoms with Crippen LogP contribution in [0, 0.1) is 13.8 Å². The van der Waals surface area contributed by atoms with E-state index in [1.165, 1.54) is 11.8 Å². The molecule has 10 heteroatoms. The van der Waals surface area contributed by atoms with Crippen LogP contribution in [0.5, 0.6) is 0 Å². The van der Waals surface area contributed by atoms with E-state index in [0.29, 0.717) is 36.0 Å². The first kappa shape index (κ1) is 23.5. The summed E-state index contributed by atoms with van der Waals surface area (Å²) in [5.74, 6) is 0.652. The second kappa shape index (κ2) is 10.4. The second-order valence-corrected chi connectivity index (χ2v) is 10.4. The minimum absolute atomic E-state index is 0.136. The van der Waals surface area contributed by atoms with Crippen molar-refractivity contribution in [3.63, 3.8) is 0 Å². The molecule has 1 aromatic carbocycles. The third kappa shape index (κ3) is 5.75. The van der Waals surface area contributed by atoms with E-state index >= 15 is 0 Å². The van der Waals surface area contributed by atoms with E-state index in [1.54, 1.807) is 35.5 Å². The van der Waals surface area contributed by atoms with Crippen molar-refractivity contribution in [2.75, 3.05) is 24.2 Å². The molecule has 31 heavy (non-hydrogen) atoms. The van der Waals surface area contributed by atoms with Gasteiger partial charge in [-0.3, -0.25) is 4.79 Å². The lowest BCUT2D eigenvalue weighted by Gasteiger charge is -2.21. The third-order valence-corrected chi connectivity index (χ3v) is 8.21. The number of sulfonamides is 1. The van der Waals surface area contributed by atoms with Crippen LogP contribution in [0.4, 0.5) is 5.69 Å². The van der Waals surface area contributed by atoms with Crippen LogP contribution >= 0.6 is 11.8 Å². The van der Waals surface area contributed by atoms with E-state index in [0.717, 1.165) is 31.5 Å². The van der Waals surface area contributed by atoms with Gasteiger partial charge in [0.25, 0.3) is 0 Å². The molecule has 0 saturated carbocycles. The molecule has 1 fully saturated rings. The third-order valence-electron chi connectivity index (χ3n) is 5.20. The zero-order valence-corrected chi connectivity index (χ0v) is 19.6. The van der Waals surface area contributed by atoms with Gasteiger partial charge in [0, 0.05) is 25.3 Å². The number of nitrogens with zero attached hydrogens (tertiary/aromatic N) is 4. The SMILES string of the molecule is C=CCn1c(C)nnc1SCC(=O)Nc1ccc(C)c(S(=O)(=O)N2CCCCCC2)c1. The van der Waals surface area contributed by atoms with Crippen molar-refractivity contribution in [2.45, 2.75) is 56.1 Å². The average Bonchev–Trinajstić information content (AvgIpc) is 2.93. The van der Waals surface area contributed by atoms with Crippen LogP contribution in [0.25, 0.3) is 0 Å². The maximum absolute atomic E-state index is 13.2. The fourth-order valence-electron chi connectivity index (χ4n) is 3.51. The van der Waals surface area contributed by atoms with E-state index in [4.69, 9.17) is 0 Å². The number of anilines is 1. The summed E-state index contributed by atoms with van der Waals surface area (Å²) in [5, 5.41) is 11.6. The number of nitrogens with one attached hydrogen (secondary N) is 1. The number of carbonyl (C=O) groups excluding carboxylic acids is 1. The van der Waals surface area contributed by atoms with Crippen LogP contribution in [0.2, 0.25) is 0 Å². The molecule has 1 N–H and O–H groups in total. The number of carbonyl (C=O) groups is 1. The smallest absolute Gasteiger partial charge is 0.243 e. The summed E-state index contributed by atoms with van der Waals surface area (Å²) in [5.41, 5.74) is 1.14. The van der Waals surface area contributed by atoms with Crippen molar-refractivity contribution in [2.24, 2.45) is 0 Å². The van der Waals surface area contributed by atoms with Gasteiger partial charge >= 0.3 is 0 Å². The predicted molar refractivity (Wildman–Crippen MR) is 123 cm³/mol. The zero-order valence-electron chi connectivity index (χ0n) is 18.0. The first-order valence-corrected chi connectivity index (χ1v) is 12.8. The Balaban J connectivity index is 1.70. The first-order valence-electron chi connectivity index (χ1n) is 10.4. The van der Waals surface area contributed by atoms with Crippen molar-refractivity contribution < 1.29 is 13.2 Å². The molecule has 3 rings (SSSR count). The van der Waals surface area contributed by atoms with Crippen LogP contribution in [0.3, 0.4) is 0 Å². The molecule has 1 aliphatic heterocycles. The highest BCUT2D eigenvalue weighted by Crippen LogP contribution is 2.26. The monoisotopic (exact) mass is 463 g/mol. The number of allylic oxidation sites excluding steroid dienone is 1. The molecule has 0 bridgehead atoms. The highest BCUT2D eigenvalue weighted by atomic mass is 32.2. The normalized spacial score (nSPS) is 15.4. The number of rotatable bonds is 8. The Morgan fingerprint density at radius 3 is 2.58 bits per heavy atom. The highest BCUT2D eigenvalue weighted by molar-refractivity contribution is 7.99. The lowest BCUT2D eigenvalue weighted by molar-refractivity contribution is -0.113. The van der Waals surface area contributed by atoms with Gasteiger partial charge in [-0.2, -0.15) is 4.31 Å². The fourth-order valence-corrected chi connectivity index (χ4v) is 6.07. The van der Waals surface area contributed by atoms with Crippen LogP contribution in [0.15, 0.2) is 40.9 Å². The van der Waals surface area contributed by atoms with Crippen molar-refractivity contribution in [3.8, 4) is 0 Å². The van der Waals surface area contributed by atoms with E-state index in [2.05, 4.69) is 22.1 Å². The van der Waals surface area contributed by atoms with Gasteiger partial charge in [-0.25, -0.2) is 8.42 Å². The molecule has 0 unspecified atom stereocenters. The van der Waals surface area contributed by atoms with Gasteiger partial charge in [-0.05, 0) is 44.4 Å². The summed E-state index contributed by atoms with van der Waals surface area (Å²) in [6.07, 6.45) is 5.61.